The van der Waals surface area contributed by atoms with Crippen LogP contribution in [0.4, 0.5) is 0 Å². The van der Waals surface area contributed by atoms with Crippen molar-refractivity contribution >= 4 is 16.8 Å². The minimum absolute atomic E-state index is 0.156. The maximum Gasteiger partial charge on any atom is 0.243 e. The average Bonchev–Trinajstić information content (AvgIpc) is 3.27. The molecule has 0 aliphatic carbocycles. The van der Waals surface area contributed by atoms with Crippen molar-refractivity contribution in [3.05, 3.63) is 53.5 Å². The lowest BCUT2D eigenvalue weighted by molar-refractivity contribution is -0.132. The summed E-state index contributed by atoms with van der Waals surface area (Å²) < 4.78 is 3.97. The van der Waals surface area contributed by atoms with Crippen LogP contribution in [-0.4, -0.2) is 31.7 Å². The molecule has 1 saturated heterocycles. The van der Waals surface area contributed by atoms with Crippen LogP contribution in [-0.2, 0) is 18.4 Å². The smallest absolute Gasteiger partial charge is 0.243 e. The first kappa shape index (κ1) is 15.9. The lowest BCUT2D eigenvalue weighted by Gasteiger charge is -2.26. The van der Waals surface area contributed by atoms with Crippen molar-refractivity contribution in [2.75, 3.05) is 6.54 Å². The molecular weight excluding hydrogens is 312 g/mol. The first-order chi connectivity index (χ1) is 12.1. The van der Waals surface area contributed by atoms with E-state index in [0.717, 1.165) is 36.3 Å². The lowest BCUT2D eigenvalue weighted by Crippen LogP contribution is -2.33. The largest absolute Gasteiger partial charge is 0.338 e. The summed E-state index contributed by atoms with van der Waals surface area (Å²) in [6, 6.07) is 10.4. The van der Waals surface area contributed by atoms with Gasteiger partial charge in [0.15, 0.2) is 0 Å². The third kappa shape index (κ3) is 2.64. The molecule has 3 aromatic rings. The number of aryl methyl sites for hydroxylation is 2. The molecule has 5 nitrogen and oxygen atoms in total. The van der Waals surface area contributed by atoms with Crippen LogP contribution in [0.2, 0.25) is 0 Å². The van der Waals surface area contributed by atoms with Gasteiger partial charge in [-0.15, -0.1) is 0 Å². The van der Waals surface area contributed by atoms with Gasteiger partial charge in [0.1, 0.15) is 6.54 Å². The Morgan fingerprint density at radius 3 is 2.80 bits per heavy atom. The lowest BCUT2D eigenvalue weighted by atomic mass is 10.0. The number of nitrogens with zero attached hydrogens (tertiary/aromatic N) is 4. The van der Waals surface area contributed by atoms with Crippen LogP contribution in [0.5, 0.6) is 0 Å². The van der Waals surface area contributed by atoms with Crippen LogP contribution < -0.4 is 0 Å². The number of amides is 1. The third-order valence-corrected chi connectivity index (χ3v) is 5.46. The Bertz CT molecular complexity index is 936. The van der Waals surface area contributed by atoms with Crippen molar-refractivity contribution in [1.82, 2.24) is 19.2 Å². The quantitative estimate of drug-likeness (QED) is 0.736. The number of likely N-dealkylation sites (tertiary alicyclic amines) is 1. The van der Waals surface area contributed by atoms with Gasteiger partial charge in [-0.1, -0.05) is 18.2 Å². The molecule has 1 amide bonds. The number of carbonyl (C=O) groups is 1. The van der Waals surface area contributed by atoms with Crippen molar-refractivity contribution < 1.29 is 4.79 Å². The summed E-state index contributed by atoms with van der Waals surface area (Å²) in [5.74, 6) is 0.187. The number of rotatable bonds is 3. The van der Waals surface area contributed by atoms with E-state index in [4.69, 9.17) is 0 Å². The van der Waals surface area contributed by atoms with Crippen molar-refractivity contribution in [2.45, 2.75) is 39.3 Å². The molecule has 4 rings (SSSR count). The Morgan fingerprint density at radius 2 is 2.04 bits per heavy atom. The standard InChI is InChI=1S/C20H24N4O/c1-14-20(15(2)22(3)21-14)18-9-6-11-24(18)19(25)13-23-12-10-16-7-4-5-8-17(16)23/h4-5,7-8,10,12,18H,6,9,11,13H2,1-3H3/t18-/m0/s1. The highest BCUT2D eigenvalue weighted by molar-refractivity contribution is 5.83. The number of fused-ring (bicyclic) bond motifs is 1. The molecule has 1 atom stereocenters. The van der Waals surface area contributed by atoms with Gasteiger partial charge in [-0.05, 0) is 44.2 Å². The number of para-hydroxylation sites is 1. The van der Waals surface area contributed by atoms with Crippen molar-refractivity contribution in [2.24, 2.45) is 7.05 Å². The molecule has 1 aliphatic rings. The fourth-order valence-electron chi connectivity index (χ4n) is 4.15. The predicted molar refractivity (Wildman–Crippen MR) is 98.3 cm³/mol. The zero-order valence-corrected chi connectivity index (χ0v) is 15.1. The molecule has 0 spiro atoms. The van der Waals surface area contributed by atoms with E-state index >= 15 is 0 Å². The monoisotopic (exact) mass is 336 g/mol. The summed E-state index contributed by atoms with van der Waals surface area (Å²) in [5, 5.41) is 5.71. The Morgan fingerprint density at radius 1 is 1.24 bits per heavy atom. The highest BCUT2D eigenvalue weighted by Crippen LogP contribution is 2.35. The fourth-order valence-corrected chi connectivity index (χ4v) is 4.15. The molecule has 1 aromatic carbocycles. The molecule has 3 heterocycles. The highest BCUT2D eigenvalue weighted by Gasteiger charge is 2.33. The SMILES string of the molecule is Cc1nn(C)c(C)c1[C@@H]1CCCN1C(=O)Cn1ccc2ccccc21. The maximum absolute atomic E-state index is 13.0. The van der Waals surface area contributed by atoms with E-state index in [1.165, 1.54) is 10.9 Å². The summed E-state index contributed by atoms with van der Waals surface area (Å²) in [5.41, 5.74) is 4.54. The molecule has 0 bridgehead atoms. The van der Waals surface area contributed by atoms with Crippen molar-refractivity contribution in [3.8, 4) is 0 Å². The first-order valence-electron chi connectivity index (χ1n) is 8.89. The van der Waals surface area contributed by atoms with Crippen LogP contribution in [0.3, 0.4) is 0 Å². The van der Waals surface area contributed by atoms with Crippen LogP contribution in [0.1, 0.15) is 35.8 Å². The molecule has 0 unspecified atom stereocenters. The number of benzene rings is 1. The number of carbonyl (C=O) groups excluding carboxylic acids is 1. The van der Waals surface area contributed by atoms with E-state index < -0.39 is 0 Å². The first-order valence-corrected chi connectivity index (χ1v) is 8.89. The van der Waals surface area contributed by atoms with E-state index in [9.17, 15) is 4.79 Å². The molecule has 1 fully saturated rings. The normalized spacial score (nSPS) is 17.6. The topological polar surface area (TPSA) is 43.1 Å². The Kier molecular flexibility index (Phi) is 3.86. The van der Waals surface area contributed by atoms with Crippen LogP contribution in [0, 0.1) is 13.8 Å². The van der Waals surface area contributed by atoms with Crippen molar-refractivity contribution in [3.63, 3.8) is 0 Å². The molecule has 5 heteroatoms. The number of aromatic nitrogens is 3. The molecule has 2 aromatic heterocycles. The van der Waals surface area contributed by atoms with Gasteiger partial charge in [-0.2, -0.15) is 5.10 Å². The predicted octanol–water partition coefficient (Wildman–Crippen LogP) is 3.36. The van der Waals surface area contributed by atoms with Crippen molar-refractivity contribution in [1.29, 1.82) is 0 Å². The van der Waals surface area contributed by atoms with Gasteiger partial charge in [0, 0.05) is 36.6 Å². The van der Waals surface area contributed by atoms with E-state index in [-0.39, 0.29) is 11.9 Å². The van der Waals surface area contributed by atoms with Crippen LogP contribution >= 0.6 is 0 Å². The third-order valence-electron chi connectivity index (χ3n) is 5.46. The summed E-state index contributed by atoms with van der Waals surface area (Å²) in [6.45, 7) is 5.36. The van der Waals surface area contributed by atoms with Gasteiger partial charge in [0.25, 0.3) is 0 Å². The molecule has 0 N–H and O–H groups in total. The minimum Gasteiger partial charge on any atom is -0.338 e. The summed E-state index contributed by atoms with van der Waals surface area (Å²) in [7, 11) is 1.97. The van der Waals surface area contributed by atoms with Gasteiger partial charge < -0.3 is 9.47 Å². The fraction of sp³-hybridized carbons (Fsp3) is 0.400. The average molecular weight is 336 g/mol. The second-order valence-corrected chi connectivity index (χ2v) is 6.96. The van der Waals surface area contributed by atoms with Gasteiger partial charge in [0.05, 0.1) is 11.7 Å². The van der Waals surface area contributed by atoms with Gasteiger partial charge in [0.2, 0.25) is 5.91 Å². The van der Waals surface area contributed by atoms with Gasteiger partial charge in [-0.25, -0.2) is 0 Å². The minimum atomic E-state index is 0.156. The van der Waals surface area contributed by atoms with Gasteiger partial charge >= 0.3 is 0 Å². The highest BCUT2D eigenvalue weighted by atomic mass is 16.2. The zero-order valence-electron chi connectivity index (χ0n) is 15.1. The summed E-state index contributed by atoms with van der Waals surface area (Å²) in [4.78, 5) is 15.1. The Balaban J connectivity index is 1.61. The summed E-state index contributed by atoms with van der Waals surface area (Å²) >= 11 is 0. The number of hydrogen-bond donors (Lipinski definition) is 0. The molecule has 0 radical (unpaired) electrons. The van der Waals surface area contributed by atoms with Crippen LogP contribution in [0.25, 0.3) is 10.9 Å². The van der Waals surface area contributed by atoms with Crippen LogP contribution in [0.15, 0.2) is 36.5 Å². The Labute approximate surface area is 147 Å². The number of hydrogen-bond acceptors (Lipinski definition) is 2. The molecule has 130 valence electrons. The second-order valence-electron chi connectivity index (χ2n) is 6.96. The summed E-state index contributed by atoms with van der Waals surface area (Å²) in [6.07, 6.45) is 4.08. The molecule has 25 heavy (non-hydrogen) atoms. The second kappa shape index (κ2) is 6.06. The zero-order chi connectivity index (χ0) is 17.6. The van der Waals surface area contributed by atoms with Gasteiger partial charge in [-0.3, -0.25) is 9.48 Å². The van der Waals surface area contributed by atoms with E-state index in [0.29, 0.717) is 6.54 Å². The van der Waals surface area contributed by atoms with E-state index in [2.05, 4.69) is 34.8 Å². The maximum atomic E-state index is 13.0. The molecule has 1 aliphatic heterocycles. The molecule has 0 saturated carbocycles. The van der Waals surface area contributed by atoms with E-state index in [1.807, 2.05) is 41.9 Å². The molecular formula is C20H24N4O. The van der Waals surface area contributed by atoms with E-state index in [1.54, 1.807) is 0 Å². The Hall–Kier alpha value is -2.56.